The molecule has 198 valence electrons. The van der Waals surface area contributed by atoms with Crippen molar-refractivity contribution < 1.29 is 4.74 Å². The first-order valence-corrected chi connectivity index (χ1v) is 13.2. The van der Waals surface area contributed by atoms with E-state index in [1.54, 1.807) is 0 Å². The van der Waals surface area contributed by atoms with Crippen LogP contribution in [0.3, 0.4) is 0 Å². The summed E-state index contributed by atoms with van der Waals surface area (Å²) >= 11 is 0. The number of aromatic nitrogens is 4. The zero-order valence-electron chi connectivity index (χ0n) is 22.7. The van der Waals surface area contributed by atoms with E-state index in [0.717, 1.165) is 63.2 Å². The monoisotopic (exact) mass is 528 g/mol. The van der Waals surface area contributed by atoms with E-state index < -0.39 is 5.41 Å². The summed E-state index contributed by atoms with van der Waals surface area (Å²) in [6.07, 6.45) is 5.68. The molecule has 0 saturated carbocycles. The second-order valence-electron chi connectivity index (χ2n) is 10.4. The zero-order chi connectivity index (χ0) is 27.9. The van der Waals surface area contributed by atoms with Crippen LogP contribution in [0.1, 0.15) is 19.4 Å². The molecule has 0 N–H and O–H groups in total. The van der Waals surface area contributed by atoms with E-state index >= 15 is 0 Å². The van der Waals surface area contributed by atoms with Gasteiger partial charge in [-0.1, -0.05) is 18.2 Å². The molecule has 40 heavy (non-hydrogen) atoms. The summed E-state index contributed by atoms with van der Waals surface area (Å²) in [6, 6.07) is 20.5. The van der Waals surface area contributed by atoms with Crippen LogP contribution in [0.15, 0.2) is 72.0 Å². The van der Waals surface area contributed by atoms with Crippen molar-refractivity contribution in [3.8, 4) is 29.1 Å². The molecule has 9 heteroatoms. The SMILES string of the molecule is Cn1/c(=N/C#N)n(-c2ccc(C(C)(C)C#N)cc2)c2c3cc(-c4ccc(N5CCOCC5)nc4)ccc3ncc21. The Bertz CT molecular complexity index is 1880. The quantitative estimate of drug-likeness (QED) is 0.316. The van der Waals surface area contributed by atoms with Gasteiger partial charge in [0.05, 0.1) is 47.4 Å². The summed E-state index contributed by atoms with van der Waals surface area (Å²) in [5.41, 5.74) is 6.23. The van der Waals surface area contributed by atoms with Gasteiger partial charge in [-0.2, -0.15) is 10.5 Å². The fourth-order valence-electron chi connectivity index (χ4n) is 5.23. The first-order valence-electron chi connectivity index (χ1n) is 13.2. The van der Waals surface area contributed by atoms with Gasteiger partial charge in [-0.15, -0.1) is 4.99 Å². The zero-order valence-corrected chi connectivity index (χ0v) is 22.7. The number of benzene rings is 2. The maximum atomic E-state index is 9.58. The molecule has 2 aromatic carbocycles. The van der Waals surface area contributed by atoms with Gasteiger partial charge >= 0.3 is 0 Å². The Balaban J connectivity index is 1.52. The van der Waals surface area contributed by atoms with E-state index in [1.165, 1.54) is 0 Å². The minimum absolute atomic E-state index is 0.487. The highest BCUT2D eigenvalue weighted by molar-refractivity contribution is 6.04. The number of imidazole rings is 1. The van der Waals surface area contributed by atoms with Gasteiger partial charge in [-0.3, -0.25) is 9.55 Å². The molecular formula is C31H28N8O. The molecule has 3 aromatic heterocycles. The second-order valence-corrected chi connectivity index (χ2v) is 10.4. The minimum Gasteiger partial charge on any atom is -0.378 e. The van der Waals surface area contributed by atoms with Gasteiger partial charge in [0, 0.05) is 43.0 Å². The van der Waals surface area contributed by atoms with Crippen molar-refractivity contribution in [2.24, 2.45) is 12.0 Å². The minimum atomic E-state index is -0.612. The summed E-state index contributed by atoms with van der Waals surface area (Å²) in [6.45, 7) is 6.90. The highest BCUT2D eigenvalue weighted by Gasteiger charge is 2.21. The van der Waals surface area contributed by atoms with Gasteiger partial charge in [-0.05, 0) is 61.4 Å². The average Bonchev–Trinajstić information content (AvgIpc) is 3.29. The van der Waals surface area contributed by atoms with E-state index in [-0.39, 0.29) is 0 Å². The van der Waals surface area contributed by atoms with E-state index in [4.69, 9.17) is 14.7 Å². The molecule has 1 aliphatic heterocycles. The topological polar surface area (TPSA) is 108 Å². The highest BCUT2D eigenvalue weighted by atomic mass is 16.5. The Kier molecular flexibility index (Phi) is 6.30. The Morgan fingerprint density at radius 3 is 2.35 bits per heavy atom. The van der Waals surface area contributed by atoms with Crippen LogP contribution >= 0.6 is 0 Å². The number of morpholine rings is 1. The number of aryl methyl sites for hydroxylation is 1. The van der Waals surface area contributed by atoms with Gasteiger partial charge in [0.1, 0.15) is 5.82 Å². The maximum Gasteiger partial charge on any atom is 0.226 e. The predicted octanol–water partition coefficient (Wildman–Crippen LogP) is 4.60. The number of fused-ring (bicyclic) bond motifs is 3. The van der Waals surface area contributed by atoms with Crippen LogP contribution in [-0.4, -0.2) is 45.4 Å². The molecule has 6 rings (SSSR count). The molecule has 1 saturated heterocycles. The van der Waals surface area contributed by atoms with Gasteiger partial charge in [0.15, 0.2) is 0 Å². The third-order valence-electron chi connectivity index (χ3n) is 7.60. The van der Waals surface area contributed by atoms with E-state index in [2.05, 4.69) is 40.2 Å². The lowest BCUT2D eigenvalue weighted by Gasteiger charge is -2.27. The number of rotatable bonds is 4. The van der Waals surface area contributed by atoms with Crippen LogP contribution in [0.5, 0.6) is 0 Å². The molecule has 0 amide bonds. The molecule has 0 unspecified atom stereocenters. The van der Waals surface area contributed by atoms with Crippen molar-refractivity contribution in [2.75, 3.05) is 31.2 Å². The van der Waals surface area contributed by atoms with Crippen molar-refractivity contribution in [2.45, 2.75) is 19.3 Å². The molecule has 1 fully saturated rings. The fourth-order valence-corrected chi connectivity index (χ4v) is 5.23. The summed E-state index contributed by atoms with van der Waals surface area (Å²) in [5.74, 6) is 0.948. The highest BCUT2D eigenvalue weighted by Crippen LogP contribution is 2.31. The first kappa shape index (κ1) is 25.3. The molecule has 0 aliphatic carbocycles. The molecule has 9 nitrogen and oxygen atoms in total. The average molecular weight is 529 g/mol. The summed E-state index contributed by atoms with van der Waals surface area (Å²) in [7, 11) is 1.88. The largest absolute Gasteiger partial charge is 0.378 e. The van der Waals surface area contributed by atoms with Crippen LogP contribution in [-0.2, 0) is 17.2 Å². The maximum absolute atomic E-state index is 9.58. The van der Waals surface area contributed by atoms with Crippen molar-refractivity contribution in [3.05, 3.63) is 78.2 Å². The Hall–Kier alpha value is -4.99. The lowest BCUT2D eigenvalue weighted by Crippen LogP contribution is -2.36. The molecule has 5 aromatic rings. The third-order valence-corrected chi connectivity index (χ3v) is 7.60. The predicted molar refractivity (Wildman–Crippen MR) is 154 cm³/mol. The van der Waals surface area contributed by atoms with E-state index in [9.17, 15) is 10.5 Å². The normalized spacial score (nSPS) is 14.4. The van der Waals surface area contributed by atoms with Crippen LogP contribution in [0.2, 0.25) is 0 Å². The summed E-state index contributed by atoms with van der Waals surface area (Å²) < 4.78 is 9.33. The van der Waals surface area contributed by atoms with E-state index in [1.807, 2.05) is 78.9 Å². The van der Waals surface area contributed by atoms with Crippen LogP contribution in [0.4, 0.5) is 5.82 Å². The summed E-state index contributed by atoms with van der Waals surface area (Å²) in [5, 5.41) is 20.1. The lowest BCUT2D eigenvalue weighted by atomic mass is 9.86. The lowest BCUT2D eigenvalue weighted by molar-refractivity contribution is 0.122. The van der Waals surface area contributed by atoms with Crippen molar-refractivity contribution in [3.63, 3.8) is 0 Å². The van der Waals surface area contributed by atoms with Gasteiger partial charge in [-0.25, -0.2) is 4.98 Å². The Labute approximate surface area is 231 Å². The fraction of sp³-hybridized carbons (Fsp3) is 0.258. The number of ether oxygens (including phenoxy) is 1. The number of hydrogen-bond donors (Lipinski definition) is 0. The molecular weight excluding hydrogens is 500 g/mol. The standard InChI is InChI=1S/C31H28N8O/c1-31(2,19-32)23-6-8-24(9-7-23)39-29-25-16-21(22-5-11-28(35-17-22)38-12-14-40-15-13-38)4-10-26(25)34-18-27(29)37(3)30(39)36-20-33/h4-11,16-18H,12-15H2,1-3H3/b36-30-. The molecule has 1 aliphatic rings. The van der Waals surface area contributed by atoms with Crippen LogP contribution in [0.25, 0.3) is 38.8 Å². The van der Waals surface area contributed by atoms with Gasteiger partial charge < -0.3 is 14.2 Å². The van der Waals surface area contributed by atoms with Crippen LogP contribution in [0, 0.1) is 22.8 Å². The van der Waals surface area contributed by atoms with E-state index in [0.29, 0.717) is 18.8 Å². The molecule has 0 radical (unpaired) electrons. The van der Waals surface area contributed by atoms with Gasteiger partial charge in [0.2, 0.25) is 11.8 Å². The van der Waals surface area contributed by atoms with Crippen molar-refractivity contribution >= 4 is 27.8 Å². The number of hydrogen-bond acceptors (Lipinski definition) is 7. The molecule has 0 spiro atoms. The first-order chi connectivity index (χ1) is 19.4. The number of nitrogens with zero attached hydrogens (tertiary/aromatic N) is 8. The van der Waals surface area contributed by atoms with Crippen molar-refractivity contribution in [1.29, 1.82) is 10.5 Å². The van der Waals surface area contributed by atoms with Crippen LogP contribution < -0.4 is 10.5 Å². The Morgan fingerprint density at radius 2 is 1.68 bits per heavy atom. The molecule has 0 bridgehead atoms. The number of anilines is 1. The van der Waals surface area contributed by atoms with Gasteiger partial charge in [0.25, 0.3) is 0 Å². The smallest absolute Gasteiger partial charge is 0.226 e. The third kappa shape index (κ3) is 4.27. The summed E-state index contributed by atoms with van der Waals surface area (Å²) in [4.78, 5) is 15.9. The number of pyridine rings is 2. The molecule has 4 heterocycles. The number of nitriles is 2. The van der Waals surface area contributed by atoms with Crippen molar-refractivity contribution in [1.82, 2.24) is 19.1 Å². The second kappa shape index (κ2) is 9.96. The Morgan fingerprint density at radius 1 is 0.925 bits per heavy atom. The molecule has 0 atom stereocenters.